The number of ether oxygens (including phenoxy) is 1. The molecule has 0 heterocycles. The highest BCUT2D eigenvalue weighted by Gasteiger charge is 2.27. The summed E-state index contributed by atoms with van der Waals surface area (Å²) in [6.45, 7) is 2.25. The Morgan fingerprint density at radius 3 is 2.14 bits per heavy atom. The average molecular weight is 427 g/mol. The van der Waals surface area contributed by atoms with E-state index in [0.717, 1.165) is 31.6 Å². The van der Waals surface area contributed by atoms with Crippen molar-refractivity contribution in [2.45, 2.75) is 101 Å². The SMILES string of the molecule is CCCCCCCCCC[C@H]1CC[C@H](C(=O)Oc2ccc(SC(F)F)cc2)CC1. The van der Waals surface area contributed by atoms with E-state index in [0.29, 0.717) is 22.4 Å². The molecule has 29 heavy (non-hydrogen) atoms. The van der Waals surface area contributed by atoms with Crippen molar-refractivity contribution in [1.82, 2.24) is 0 Å². The number of unbranched alkanes of at least 4 members (excludes halogenated alkanes) is 7. The maximum absolute atomic E-state index is 12.4. The number of hydrogen-bond donors (Lipinski definition) is 0. The van der Waals surface area contributed by atoms with Crippen LogP contribution in [-0.2, 0) is 4.79 Å². The van der Waals surface area contributed by atoms with Crippen molar-refractivity contribution >= 4 is 17.7 Å². The van der Waals surface area contributed by atoms with Gasteiger partial charge in [-0.15, -0.1) is 0 Å². The van der Waals surface area contributed by atoms with E-state index in [2.05, 4.69) is 6.92 Å². The van der Waals surface area contributed by atoms with Crippen LogP contribution in [0.1, 0.15) is 90.4 Å². The number of thioether (sulfide) groups is 1. The summed E-state index contributed by atoms with van der Waals surface area (Å²) in [6.07, 6.45) is 16.2. The van der Waals surface area contributed by atoms with Crippen molar-refractivity contribution in [2.24, 2.45) is 11.8 Å². The summed E-state index contributed by atoms with van der Waals surface area (Å²) in [7, 11) is 0. The smallest absolute Gasteiger partial charge is 0.314 e. The van der Waals surface area contributed by atoms with Gasteiger partial charge in [-0.25, -0.2) is 0 Å². The Morgan fingerprint density at radius 2 is 1.55 bits per heavy atom. The zero-order valence-corrected chi connectivity index (χ0v) is 18.5. The normalized spacial score (nSPS) is 19.4. The van der Waals surface area contributed by atoms with Crippen LogP contribution in [0.2, 0.25) is 0 Å². The van der Waals surface area contributed by atoms with Gasteiger partial charge >= 0.3 is 5.97 Å². The number of hydrogen-bond acceptors (Lipinski definition) is 3. The summed E-state index contributed by atoms with van der Waals surface area (Å²) in [5, 5.41) is 0. The van der Waals surface area contributed by atoms with Crippen molar-refractivity contribution in [3.8, 4) is 5.75 Å². The van der Waals surface area contributed by atoms with Crippen LogP contribution in [-0.4, -0.2) is 11.7 Å². The first-order valence-corrected chi connectivity index (χ1v) is 12.2. The van der Waals surface area contributed by atoms with Crippen molar-refractivity contribution in [3.05, 3.63) is 24.3 Å². The van der Waals surface area contributed by atoms with E-state index in [1.165, 1.54) is 57.8 Å². The molecule has 164 valence electrons. The predicted molar refractivity (Wildman–Crippen MR) is 117 cm³/mol. The van der Waals surface area contributed by atoms with Crippen LogP contribution in [0.3, 0.4) is 0 Å². The summed E-state index contributed by atoms with van der Waals surface area (Å²) in [4.78, 5) is 12.9. The minimum atomic E-state index is -2.44. The highest BCUT2D eigenvalue weighted by atomic mass is 32.2. The number of esters is 1. The van der Waals surface area contributed by atoms with Gasteiger partial charge in [0.2, 0.25) is 0 Å². The molecule has 0 spiro atoms. The molecule has 0 aliphatic heterocycles. The van der Waals surface area contributed by atoms with Gasteiger partial charge in [0.05, 0.1) is 5.92 Å². The van der Waals surface area contributed by atoms with Crippen molar-refractivity contribution in [3.63, 3.8) is 0 Å². The van der Waals surface area contributed by atoms with Crippen LogP contribution in [0.4, 0.5) is 8.78 Å². The standard InChI is InChI=1S/C24H36F2O2S/c1-2-3-4-5-6-7-8-9-10-19-11-13-20(14-12-19)23(27)28-21-15-17-22(18-16-21)29-24(25)26/h15-20,24H,2-14H2,1H3/t19-,20-. The number of rotatable bonds is 13. The van der Waals surface area contributed by atoms with E-state index in [4.69, 9.17) is 4.74 Å². The molecule has 0 N–H and O–H groups in total. The monoisotopic (exact) mass is 426 g/mol. The minimum Gasteiger partial charge on any atom is -0.426 e. The van der Waals surface area contributed by atoms with Gasteiger partial charge in [-0.3, -0.25) is 4.79 Å². The van der Waals surface area contributed by atoms with Gasteiger partial charge in [0.15, 0.2) is 0 Å². The number of benzene rings is 1. The van der Waals surface area contributed by atoms with Gasteiger partial charge in [-0.2, -0.15) is 8.78 Å². The maximum Gasteiger partial charge on any atom is 0.314 e. The summed E-state index contributed by atoms with van der Waals surface area (Å²) in [6, 6.07) is 6.33. The van der Waals surface area contributed by atoms with E-state index in [1.807, 2.05) is 0 Å². The molecule has 1 aliphatic rings. The first-order chi connectivity index (χ1) is 14.1. The van der Waals surface area contributed by atoms with E-state index in [9.17, 15) is 13.6 Å². The van der Waals surface area contributed by atoms with Gasteiger partial charge < -0.3 is 4.74 Å². The summed E-state index contributed by atoms with van der Waals surface area (Å²) in [5.74, 6) is -1.45. The van der Waals surface area contributed by atoms with E-state index < -0.39 is 5.76 Å². The highest BCUT2D eigenvalue weighted by molar-refractivity contribution is 7.99. The highest BCUT2D eigenvalue weighted by Crippen LogP contribution is 2.33. The van der Waals surface area contributed by atoms with Crippen LogP contribution in [0.5, 0.6) is 5.75 Å². The zero-order valence-electron chi connectivity index (χ0n) is 17.7. The van der Waals surface area contributed by atoms with Crippen molar-refractivity contribution in [1.29, 1.82) is 0 Å². The molecule has 0 unspecified atom stereocenters. The largest absolute Gasteiger partial charge is 0.426 e. The second-order valence-electron chi connectivity index (χ2n) is 8.25. The fraction of sp³-hybridized carbons (Fsp3) is 0.708. The summed E-state index contributed by atoms with van der Waals surface area (Å²) in [5.41, 5.74) is 0. The van der Waals surface area contributed by atoms with Crippen LogP contribution >= 0.6 is 11.8 Å². The molecular weight excluding hydrogens is 390 g/mol. The fourth-order valence-electron chi connectivity index (χ4n) is 4.14. The Hall–Kier alpha value is -1.10. The lowest BCUT2D eigenvalue weighted by Crippen LogP contribution is -2.25. The molecular formula is C24H36F2O2S. The van der Waals surface area contributed by atoms with E-state index >= 15 is 0 Å². The van der Waals surface area contributed by atoms with Gasteiger partial charge in [0, 0.05) is 4.90 Å². The first kappa shape index (κ1) is 24.2. The Bertz CT molecular complexity index is 569. The molecule has 2 rings (SSSR count). The fourth-order valence-corrected chi connectivity index (χ4v) is 4.64. The van der Waals surface area contributed by atoms with Gasteiger partial charge in [0.1, 0.15) is 5.75 Å². The third-order valence-corrected chi connectivity index (χ3v) is 6.64. The number of alkyl halides is 2. The van der Waals surface area contributed by atoms with E-state index in [-0.39, 0.29) is 11.9 Å². The predicted octanol–water partition coefficient (Wildman–Crippen LogP) is 8.24. The molecule has 5 heteroatoms. The number of carbonyl (C=O) groups is 1. The molecule has 0 aromatic heterocycles. The summed E-state index contributed by atoms with van der Waals surface area (Å²) >= 11 is 0.494. The lowest BCUT2D eigenvalue weighted by molar-refractivity contribution is -0.140. The van der Waals surface area contributed by atoms with Crippen LogP contribution in [0.15, 0.2) is 29.2 Å². The molecule has 1 aliphatic carbocycles. The van der Waals surface area contributed by atoms with Crippen molar-refractivity contribution < 1.29 is 18.3 Å². The number of halogens is 2. The Labute approximate surface area is 179 Å². The molecule has 1 aromatic rings. The van der Waals surface area contributed by atoms with Crippen LogP contribution < -0.4 is 4.74 Å². The quantitative estimate of drug-likeness (QED) is 0.137. The molecule has 0 radical (unpaired) electrons. The van der Waals surface area contributed by atoms with Gasteiger partial charge in [-0.05, 0) is 55.9 Å². The average Bonchev–Trinajstić information content (AvgIpc) is 2.71. The maximum atomic E-state index is 12.4. The van der Waals surface area contributed by atoms with Crippen molar-refractivity contribution in [2.75, 3.05) is 0 Å². The lowest BCUT2D eigenvalue weighted by Gasteiger charge is -2.27. The Morgan fingerprint density at radius 1 is 0.966 bits per heavy atom. The first-order valence-electron chi connectivity index (χ1n) is 11.3. The Kier molecular flexibility index (Phi) is 11.7. The second kappa shape index (κ2) is 14.0. The molecule has 0 bridgehead atoms. The molecule has 0 atom stereocenters. The lowest BCUT2D eigenvalue weighted by atomic mass is 9.80. The molecule has 2 nitrogen and oxygen atoms in total. The van der Waals surface area contributed by atoms with Crippen LogP contribution in [0, 0.1) is 11.8 Å². The topological polar surface area (TPSA) is 26.3 Å². The molecule has 0 amide bonds. The molecule has 1 aromatic carbocycles. The van der Waals surface area contributed by atoms with Gasteiger partial charge in [-0.1, -0.05) is 76.5 Å². The van der Waals surface area contributed by atoms with Crippen LogP contribution in [0.25, 0.3) is 0 Å². The molecule has 0 saturated heterocycles. The molecule has 1 fully saturated rings. The Balaban J connectivity index is 1.58. The number of carbonyl (C=O) groups excluding carboxylic acids is 1. The van der Waals surface area contributed by atoms with E-state index in [1.54, 1.807) is 24.3 Å². The third kappa shape index (κ3) is 9.97. The second-order valence-corrected chi connectivity index (χ2v) is 9.32. The summed E-state index contributed by atoms with van der Waals surface area (Å²) < 4.78 is 30.2. The van der Waals surface area contributed by atoms with Gasteiger partial charge in [0.25, 0.3) is 5.76 Å². The third-order valence-electron chi connectivity index (χ3n) is 5.91. The minimum absolute atomic E-state index is 0.0278. The molecule has 1 saturated carbocycles. The zero-order chi connectivity index (χ0) is 20.9.